The van der Waals surface area contributed by atoms with Gasteiger partial charge < -0.3 is 9.47 Å². The van der Waals surface area contributed by atoms with Crippen LogP contribution in [0.2, 0.25) is 5.02 Å². The number of carbonyl (C=O) groups excluding carboxylic acids is 1. The van der Waals surface area contributed by atoms with E-state index in [0.29, 0.717) is 26.1 Å². The lowest BCUT2D eigenvalue weighted by Crippen LogP contribution is -2.26. The van der Waals surface area contributed by atoms with Crippen molar-refractivity contribution in [1.82, 2.24) is 0 Å². The molecule has 19 heavy (non-hydrogen) atoms. The molecule has 1 aromatic rings. The molecule has 0 atom stereocenters. The molecule has 1 aliphatic rings. The van der Waals surface area contributed by atoms with Gasteiger partial charge in [0.25, 0.3) is 0 Å². The Morgan fingerprint density at radius 2 is 2.11 bits per heavy atom. The van der Waals surface area contributed by atoms with Crippen molar-refractivity contribution in [3.8, 4) is 0 Å². The van der Waals surface area contributed by atoms with Gasteiger partial charge in [-0.15, -0.1) is 0 Å². The zero-order valence-electron chi connectivity index (χ0n) is 10.0. The largest absolute Gasteiger partial charge is 0.458 e. The third-order valence-electron chi connectivity index (χ3n) is 2.83. The van der Waals surface area contributed by atoms with Crippen LogP contribution in [-0.2, 0) is 9.47 Å². The summed E-state index contributed by atoms with van der Waals surface area (Å²) >= 11 is 5.74. The van der Waals surface area contributed by atoms with Crippen LogP contribution >= 0.6 is 11.6 Å². The van der Waals surface area contributed by atoms with Crippen molar-refractivity contribution >= 4 is 23.3 Å². The fourth-order valence-corrected chi connectivity index (χ4v) is 2.12. The predicted molar refractivity (Wildman–Crippen MR) is 67.4 cm³/mol. The first-order valence-corrected chi connectivity index (χ1v) is 6.19. The number of esters is 1. The fraction of sp³-hybridized carbons (Fsp3) is 0.417. The third-order valence-corrected chi connectivity index (χ3v) is 3.14. The van der Waals surface area contributed by atoms with Crippen LogP contribution in [0, 0.1) is 10.1 Å². The van der Waals surface area contributed by atoms with Crippen LogP contribution in [0.5, 0.6) is 0 Å². The SMILES string of the molecule is O=C(OC1CCOCC1)c1cccc(Cl)c1[N+](=O)[O-]. The van der Waals surface area contributed by atoms with Crippen LogP contribution in [0.3, 0.4) is 0 Å². The maximum Gasteiger partial charge on any atom is 0.345 e. The number of carbonyl (C=O) groups is 1. The van der Waals surface area contributed by atoms with Gasteiger partial charge in [0.15, 0.2) is 0 Å². The molecule has 0 N–H and O–H groups in total. The molecule has 0 aliphatic carbocycles. The number of halogens is 1. The lowest BCUT2D eigenvalue weighted by molar-refractivity contribution is -0.385. The number of rotatable bonds is 3. The van der Waals surface area contributed by atoms with E-state index in [2.05, 4.69) is 0 Å². The minimum Gasteiger partial charge on any atom is -0.458 e. The summed E-state index contributed by atoms with van der Waals surface area (Å²) in [5.41, 5.74) is -0.537. The van der Waals surface area contributed by atoms with E-state index in [-0.39, 0.29) is 16.7 Å². The molecule has 1 aromatic carbocycles. The molecule has 0 spiro atoms. The summed E-state index contributed by atoms with van der Waals surface area (Å²) in [4.78, 5) is 22.2. The summed E-state index contributed by atoms with van der Waals surface area (Å²) in [6, 6.07) is 4.19. The molecular formula is C12H12ClNO5. The van der Waals surface area contributed by atoms with Crippen molar-refractivity contribution < 1.29 is 19.2 Å². The molecule has 0 saturated carbocycles. The van der Waals surface area contributed by atoms with Gasteiger partial charge in [-0.05, 0) is 12.1 Å². The summed E-state index contributed by atoms with van der Waals surface area (Å²) in [5.74, 6) is -0.721. The zero-order valence-corrected chi connectivity index (χ0v) is 10.8. The molecule has 6 nitrogen and oxygen atoms in total. The Hall–Kier alpha value is -1.66. The Bertz CT molecular complexity index is 499. The first kappa shape index (κ1) is 13.8. The van der Waals surface area contributed by atoms with Crippen molar-refractivity contribution in [3.05, 3.63) is 38.9 Å². The zero-order chi connectivity index (χ0) is 13.8. The van der Waals surface area contributed by atoms with E-state index in [1.165, 1.54) is 18.2 Å². The molecule has 0 aromatic heterocycles. The number of hydrogen-bond donors (Lipinski definition) is 0. The monoisotopic (exact) mass is 285 g/mol. The molecule has 1 heterocycles. The smallest absolute Gasteiger partial charge is 0.345 e. The van der Waals surface area contributed by atoms with Gasteiger partial charge in [-0.1, -0.05) is 17.7 Å². The summed E-state index contributed by atoms with van der Waals surface area (Å²) < 4.78 is 10.4. The molecule has 1 saturated heterocycles. The molecular weight excluding hydrogens is 274 g/mol. The van der Waals surface area contributed by atoms with Crippen LogP contribution in [0.4, 0.5) is 5.69 Å². The topological polar surface area (TPSA) is 78.7 Å². The highest BCUT2D eigenvalue weighted by atomic mass is 35.5. The highest BCUT2D eigenvalue weighted by molar-refractivity contribution is 6.33. The molecule has 0 bridgehead atoms. The van der Waals surface area contributed by atoms with Gasteiger partial charge >= 0.3 is 11.7 Å². The van der Waals surface area contributed by atoms with E-state index >= 15 is 0 Å². The van der Waals surface area contributed by atoms with Crippen molar-refractivity contribution in [3.63, 3.8) is 0 Å². The van der Waals surface area contributed by atoms with E-state index in [0.717, 1.165) is 0 Å². The fourth-order valence-electron chi connectivity index (χ4n) is 1.87. The highest BCUT2D eigenvalue weighted by Gasteiger charge is 2.27. The molecule has 0 amide bonds. The molecule has 0 unspecified atom stereocenters. The van der Waals surface area contributed by atoms with Gasteiger partial charge in [0.2, 0.25) is 0 Å². The number of hydrogen-bond acceptors (Lipinski definition) is 5. The number of nitro groups is 1. The van der Waals surface area contributed by atoms with Crippen molar-refractivity contribution in [2.45, 2.75) is 18.9 Å². The standard InChI is InChI=1S/C12H12ClNO5/c13-10-3-1-2-9(11(10)14(16)17)12(15)19-8-4-6-18-7-5-8/h1-3,8H,4-7H2. The Kier molecular flexibility index (Phi) is 4.34. The second kappa shape index (κ2) is 5.99. The minimum atomic E-state index is -0.721. The Labute approximate surface area is 114 Å². The van der Waals surface area contributed by atoms with Crippen LogP contribution < -0.4 is 0 Å². The quantitative estimate of drug-likeness (QED) is 0.484. The van der Waals surface area contributed by atoms with Gasteiger partial charge in [0.1, 0.15) is 16.7 Å². The number of benzene rings is 1. The number of nitro benzene ring substituents is 1. The first-order chi connectivity index (χ1) is 9.09. The number of para-hydroxylation sites is 1. The maximum absolute atomic E-state index is 12.0. The summed E-state index contributed by atoms with van der Waals surface area (Å²) in [6.07, 6.45) is 0.931. The van der Waals surface area contributed by atoms with Gasteiger partial charge in [0.05, 0.1) is 18.1 Å². The van der Waals surface area contributed by atoms with Crippen molar-refractivity contribution in [1.29, 1.82) is 0 Å². The summed E-state index contributed by atoms with van der Waals surface area (Å²) in [5, 5.41) is 10.9. The van der Waals surface area contributed by atoms with Crippen LogP contribution in [-0.4, -0.2) is 30.2 Å². The van der Waals surface area contributed by atoms with E-state index in [1.807, 2.05) is 0 Å². The highest BCUT2D eigenvalue weighted by Crippen LogP contribution is 2.29. The number of nitrogens with zero attached hydrogens (tertiary/aromatic N) is 1. The van der Waals surface area contributed by atoms with Crippen LogP contribution in [0.15, 0.2) is 18.2 Å². The second-order valence-electron chi connectivity index (χ2n) is 4.11. The molecule has 0 radical (unpaired) electrons. The average Bonchev–Trinajstić information content (AvgIpc) is 2.39. The van der Waals surface area contributed by atoms with Gasteiger partial charge in [-0.3, -0.25) is 10.1 Å². The Balaban J connectivity index is 2.18. The van der Waals surface area contributed by atoms with Gasteiger partial charge in [0, 0.05) is 12.8 Å². The van der Waals surface area contributed by atoms with Crippen molar-refractivity contribution in [2.24, 2.45) is 0 Å². The van der Waals surface area contributed by atoms with E-state index in [1.54, 1.807) is 0 Å². The lowest BCUT2D eigenvalue weighted by atomic mass is 10.1. The maximum atomic E-state index is 12.0. The molecule has 2 rings (SSSR count). The second-order valence-corrected chi connectivity index (χ2v) is 4.52. The molecule has 1 aliphatic heterocycles. The first-order valence-electron chi connectivity index (χ1n) is 5.81. The minimum absolute atomic E-state index is 0.0774. The van der Waals surface area contributed by atoms with E-state index in [9.17, 15) is 14.9 Å². The van der Waals surface area contributed by atoms with Crippen LogP contribution in [0.25, 0.3) is 0 Å². The Morgan fingerprint density at radius 1 is 1.42 bits per heavy atom. The van der Waals surface area contributed by atoms with Gasteiger partial charge in [-0.25, -0.2) is 4.79 Å². The summed E-state index contributed by atoms with van der Waals surface area (Å²) in [7, 11) is 0. The predicted octanol–water partition coefficient (Wildman–Crippen LogP) is 2.58. The van der Waals surface area contributed by atoms with Crippen molar-refractivity contribution in [2.75, 3.05) is 13.2 Å². The third kappa shape index (κ3) is 3.21. The lowest BCUT2D eigenvalue weighted by Gasteiger charge is -2.22. The van der Waals surface area contributed by atoms with Gasteiger partial charge in [-0.2, -0.15) is 0 Å². The summed E-state index contributed by atoms with van der Waals surface area (Å²) in [6.45, 7) is 1.05. The average molecular weight is 286 g/mol. The molecule has 1 fully saturated rings. The molecule has 7 heteroatoms. The number of ether oxygens (including phenoxy) is 2. The van der Waals surface area contributed by atoms with E-state index in [4.69, 9.17) is 21.1 Å². The van der Waals surface area contributed by atoms with Crippen LogP contribution in [0.1, 0.15) is 23.2 Å². The molecule has 102 valence electrons. The normalized spacial score (nSPS) is 16.1. The Morgan fingerprint density at radius 3 is 2.74 bits per heavy atom. The van der Waals surface area contributed by atoms with E-state index < -0.39 is 16.6 Å².